The molecule has 0 saturated heterocycles. The molecule has 0 unspecified atom stereocenters. The largest absolute Gasteiger partial charge is 0.502 e. The summed E-state index contributed by atoms with van der Waals surface area (Å²) in [6, 6.07) is 0. The summed E-state index contributed by atoms with van der Waals surface area (Å²) in [7, 11) is 0. The summed E-state index contributed by atoms with van der Waals surface area (Å²) in [4.78, 5) is 0. The first-order valence-electron chi connectivity index (χ1n) is 7.55. The zero-order chi connectivity index (χ0) is 15.5. The molecule has 0 aromatic heterocycles. The molecule has 1 nitrogen and oxygen atoms in total. The first-order valence-corrected chi connectivity index (χ1v) is 7.55. The summed E-state index contributed by atoms with van der Waals surface area (Å²) in [6.45, 7) is 26.3. The van der Waals surface area contributed by atoms with Crippen molar-refractivity contribution in [1.29, 1.82) is 0 Å². The molecule has 0 aliphatic carbocycles. The Labute approximate surface area is 114 Å². The van der Waals surface area contributed by atoms with E-state index in [1.165, 1.54) is 19.1 Å². The summed E-state index contributed by atoms with van der Waals surface area (Å²) in [5.74, 6) is 0. The number of hydrogen-bond acceptors (Lipinski definition) is 1. The molecular weight excluding hydrogens is 208 g/mol. The van der Waals surface area contributed by atoms with Crippen molar-refractivity contribution in [2.24, 2.45) is 0 Å². The lowest BCUT2D eigenvalue weighted by Crippen LogP contribution is -1.72. The van der Waals surface area contributed by atoms with Gasteiger partial charge in [-0.05, 0) is 6.92 Å². The van der Waals surface area contributed by atoms with Gasteiger partial charge in [0, 0.05) is 0 Å². The zero-order valence-electron chi connectivity index (χ0n) is 14.8. The second-order valence-electron chi connectivity index (χ2n) is 1.62. The van der Waals surface area contributed by atoms with Crippen LogP contribution in [-0.4, -0.2) is 6.61 Å². The summed E-state index contributed by atoms with van der Waals surface area (Å²) >= 11 is 0. The monoisotopic (exact) mass is 250 g/mol. The molecule has 1 heteroatoms. The molecule has 0 heterocycles. The van der Waals surface area contributed by atoms with Gasteiger partial charge >= 0.3 is 0 Å². The highest BCUT2D eigenvalue weighted by Gasteiger charge is 1.56. The van der Waals surface area contributed by atoms with E-state index in [2.05, 4.69) is 25.2 Å². The van der Waals surface area contributed by atoms with E-state index >= 15 is 0 Å². The van der Waals surface area contributed by atoms with Gasteiger partial charge in [-0.3, -0.25) is 0 Å². The molecule has 17 heavy (non-hydrogen) atoms. The summed E-state index contributed by atoms with van der Waals surface area (Å²) < 4.78 is 4.60. The topological polar surface area (TPSA) is 9.23 Å². The fraction of sp³-hybridized carbons (Fsp3) is 0.875. The van der Waals surface area contributed by atoms with Crippen molar-refractivity contribution in [2.45, 2.75) is 89.0 Å². The fourth-order valence-corrected chi connectivity index (χ4v) is 0.118. The molecule has 0 aliphatic heterocycles. The van der Waals surface area contributed by atoms with Crippen LogP contribution in [-0.2, 0) is 4.74 Å². The Morgan fingerprint density at radius 2 is 0.941 bits per heavy atom. The maximum atomic E-state index is 4.60. The van der Waals surface area contributed by atoms with E-state index in [1.54, 1.807) is 0 Å². The highest BCUT2D eigenvalue weighted by atomic mass is 16.5. The molecule has 0 radical (unpaired) electrons. The third-order valence-electron chi connectivity index (χ3n) is 0.785. The van der Waals surface area contributed by atoms with Gasteiger partial charge in [-0.25, -0.2) is 0 Å². The van der Waals surface area contributed by atoms with E-state index in [-0.39, 0.29) is 0 Å². The molecule has 112 valence electrons. The third-order valence-corrected chi connectivity index (χ3v) is 0.785. The van der Waals surface area contributed by atoms with Crippen molar-refractivity contribution in [2.75, 3.05) is 6.61 Å². The van der Waals surface area contributed by atoms with Crippen LogP contribution < -0.4 is 0 Å². The predicted octanol–water partition coefficient (Wildman–Crippen LogP) is 7.08. The van der Waals surface area contributed by atoms with Crippen molar-refractivity contribution in [1.82, 2.24) is 0 Å². The maximum absolute atomic E-state index is 4.60. The Morgan fingerprint density at radius 1 is 0.706 bits per heavy atom. The summed E-state index contributed by atoms with van der Waals surface area (Å²) in [5, 5.41) is 0. The first kappa shape index (κ1) is 36.0. The van der Waals surface area contributed by atoms with Crippen LogP contribution in [0.5, 0.6) is 0 Å². The minimum absolute atomic E-state index is 0.726. The minimum atomic E-state index is 0.726. The van der Waals surface area contributed by atoms with Crippen molar-refractivity contribution in [3.05, 3.63) is 12.8 Å². The first-order chi connectivity index (χ1) is 8.33. The molecule has 0 N–H and O–H groups in total. The van der Waals surface area contributed by atoms with Gasteiger partial charge in [0.1, 0.15) is 0 Å². The van der Waals surface area contributed by atoms with E-state index < -0.39 is 0 Å². The van der Waals surface area contributed by atoms with Crippen LogP contribution in [0.4, 0.5) is 0 Å². The van der Waals surface area contributed by atoms with Gasteiger partial charge in [-0.15, -0.1) is 0 Å². The molecule has 0 spiro atoms. The van der Waals surface area contributed by atoms with E-state index in [0.717, 1.165) is 6.61 Å². The van der Waals surface area contributed by atoms with Gasteiger partial charge < -0.3 is 4.74 Å². The van der Waals surface area contributed by atoms with Crippen molar-refractivity contribution in [3.63, 3.8) is 0 Å². The van der Waals surface area contributed by atoms with Crippen LogP contribution in [0.25, 0.3) is 0 Å². The highest BCUT2D eigenvalue weighted by Crippen LogP contribution is 1.76. The average Bonchev–Trinajstić information content (AvgIpc) is 2.48. The van der Waals surface area contributed by atoms with E-state index in [1.807, 2.05) is 62.3 Å². The SMILES string of the molecule is C=COCC.CC.CC.CC.CC.CCCC. The molecular formula is C16H42O. The van der Waals surface area contributed by atoms with E-state index in [4.69, 9.17) is 0 Å². The summed E-state index contributed by atoms with van der Waals surface area (Å²) in [6.07, 6.45) is 4.07. The highest BCUT2D eigenvalue weighted by molar-refractivity contribution is 4.45. The van der Waals surface area contributed by atoms with Gasteiger partial charge in [-0.1, -0.05) is 88.7 Å². The van der Waals surface area contributed by atoms with Crippen LogP contribution >= 0.6 is 0 Å². The smallest absolute Gasteiger partial charge is 0.0844 e. The predicted molar refractivity (Wildman–Crippen MR) is 87.8 cm³/mol. The Hall–Kier alpha value is -0.460. The normalized spacial score (nSPS) is 5.12. The second kappa shape index (κ2) is 159. The lowest BCUT2D eigenvalue weighted by Gasteiger charge is -1.84. The lowest BCUT2D eigenvalue weighted by molar-refractivity contribution is 0.270. The fourth-order valence-electron chi connectivity index (χ4n) is 0.118. The molecule has 0 aromatic carbocycles. The zero-order valence-corrected chi connectivity index (χ0v) is 14.8. The minimum Gasteiger partial charge on any atom is -0.502 e. The molecule has 0 amide bonds. The van der Waals surface area contributed by atoms with Crippen molar-refractivity contribution >= 4 is 0 Å². The Kier molecular flexibility index (Phi) is 337. The standard InChI is InChI=1S/C4H8O.C4H10.4C2H6/c1-3-5-4-2;1-3-4-2;4*1-2/h3H,1,4H2,2H3;3-4H2,1-2H3;4*1-2H3. The van der Waals surface area contributed by atoms with Crippen LogP contribution in [0.2, 0.25) is 0 Å². The number of unbranched alkanes of at least 4 members (excludes halogenated alkanes) is 1. The number of ether oxygens (including phenoxy) is 1. The molecule has 0 saturated carbocycles. The van der Waals surface area contributed by atoms with Gasteiger partial charge in [0.2, 0.25) is 0 Å². The third kappa shape index (κ3) is 442. The van der Waals surface area contributed by atoms with Crippen molar-refractivity contribution < 1.29 is 4.74 Å². The number of hydrogen-bond donors (Lipinski definition) is 0. The molecule has 0 aromatic rings. The van der Waals surface area contributed by atoms with Crippen LogP contribution in [0.15, 0.2) is 12.8 Å². The van der Waals surface area contributed by atoms with Gasteiger partial charge in [0.15, 0.2) is 0 Å². The summed E-state index contributed by atoms with van der Waals surface area (Å²) in [5.41, 5.74) is 0. The quantitative estimate of drug-likeness (QED) is 0.486. The average molecular weight is 251 g/mol. The molecule has 0 bridgehead atoms. The molecule has 0 fully saturated rings. The van der Waals surface area contributed by atoms with E-state index in [0.29, 0.717) is 0 Å². The van der Waals surface area contributed by atoms with Gasteiger partial charge in [0.25, 0.3) is 0 Å². The Morgan fingerprint density at radius 3 is 0.941 bits per heavy atom. The van der Waals surface area contributed by atoms with Gasteiger partial charge in [-0.2, -0.15) is 0 Å². The second-order valence-corrected chi connectivity index (χ2v) is 1.62. The van der Waals surface area contributed by atoms with Crippen molar-refractivity contribution in [3.8, 4) is 0 Å². The lowest BCUT2D eigenvalue weighted by atomic mass is 10.4. The molecule has 0 aliphatic rings. The molecule has 0 atom stereocenters. The van der Waals surface area contributed by atoms with Gasteiger partial charge in [0.05, 0.1) is 12.9 Å². The van der Waals surface area contributed by atoms with Crippen LogP contribution in [0.3, 0.4) is 0 Å². The molecule has 0 rings (SSSR count). The van der Waals surface area contributed by atoms with Crippen LogP contribution in [0.1, 0.15) is 89.0 Å². The number of rotatable bonds is 3. The van der Waals surface area contributed by atoms with Crippen LogP contribution in [0, 0.1) is 0 Å². The Bertz CT molecular complexity index is 40.8. The maximum Gasteiger partial charge on any atom is 0.0844 e. The van der Waals surface area contributed by atoms with E-state index in [9.17, 15) is 0 Å². The Balaban J connectivity index is -0.0000000228.